The zero-order valence-corrected chi connectivity index (χ0v) is 9.19. The van der Waals surface area contributed by atoms with Crippen LogP contribution in [0.15, 0.2) is 11.6 Å². The molecule has 0 fully saturated rings. The molecule has 0 aromatic heterocycles. The van der Waals surface area contributed by atoms with Crippen molar-refractivity contribution in [3.05, 3.63) is 11.6 Å². The number of hydrogen-bond acceptors (Lipinski definition) is 2. The summed E-state index contributed by atoms with van der Waals surface area (Å²) in [4.78, 5) is 11.7. The summed E-state index contributed by atoms with van der Waals surface area (Å²) in [6, 6.07) is 0. The lowest BCUT2D eigenvalue weighted by Gasteiger charge is -2.26. The maximum absolute atomic E-state index is 12.2. The predicted octanol–water partition coefficient (Wildman–Crippen LogP) is 1.82. The number of rotatable bonds is 3. The van der Waals surface area contributed by atoms with Gasteiger partial charge in [0.25, 0.3) is 5.91 Å². The lowest BCUT2D eigenvalue weighted by molar-refractivity contribution is -0.163. The maximum Gasteiger partial charge on any atom is 0.406 e. The van der Waals surface area contributed by atoms with Crippen molar-refractivity contribution in [3.8, 4) is 0 Å². The van der Waals surface area contributed by atoms with Gasteiger partial charge in [-0.3, -0.25) is 10.1 Å². The molecule has 1 atom stereocenters. The fourth-order valence-corrected chi connectivity index (χ4v) is 1.50. The van der Waals surface area contributed by atoms with Crippen molar-refractivity contribution in [2.45, 2.75) is 25.4 Å². The summed E-state index contributed by atoms with van der Waals surface area (Å²) in [5.41, 5.74) is -0.0149. The van der Waals surface area contributed by atoms with E-state index in [9.17, 15) is 31.1 Å². The van der Waals surface area contributed by atoms with Gasteiger partial charge in [-0.05, 0) is 13.0 Å². The Morgan fingerprint density at radius 1 is 1.22 bits per heavy atom. The van der Waals surface area contributed by atoms with Gasteiger partial charge in [-0.25, -0.2) is 0 Å². The molecule has 1 unspecified atom stereocenters. The van der Waals surface area contributed by atoms with Gasteiger partial charge < -0.3 is 4.90 Å². The van der Waals surface area contributed by atoms with E-state index < -0.39 is 37.5 Å². The summed E-state index contributed by atoms with van der Waals surface area (Å²) in [7, 11) is 0. The van der Waals surface area contributed by atoms with Crippen molar-refractivity contribution in [2.24, 2.45) is 0 Å². The molecule has 0 aliphatic carbocycles. The molecule has 0 aromatic carbocycles. The molecule has 0 aromatic rings. The molecule has 0 saturated carbocycles. The van der Waals surface area contributed by atoms with Crippen molar-refractivity contribution in [3.63, 3.8) is 0 Å². The van der Waals surface area contributed by atoms with Crippen LogP contribution in [0.1, 0.15) is 6.92 Å². The smallest absolute Gasteiger partial charge is 0.311 e. The number of carbonyl (C=O) groups is 1. The minimum atomic E-state index is -4.66. The number of halogens is 6. The van der Waals surface area contributed by atoms with Gasteiger partial charge >= 0.3 is 12.4 Å². The van der Waals surface area contributed by atoms with Gasteiger partial charge in [0.2, 0.25) is 0 Å². The molecule has 104 valence electrons. The molecule has 3 nitrogen and oxygen atoms in total. The quantitative estimate of drug-likeness (QED) is 0.797. The Balaban J connectivity index is 2.72. The van der Waals surface area contributed by atoms with Crippen LogP contribution in [-0.2, 0) is 4.79 Å². The predicted molar refractivity (Wildman–Crippen MR) is 49.4 cm³/mol. The summed E-state index contributed by atoms with van der Waals surface area (Å²) < 4.78 is 72.4. The molecule has 0 spiro atoms. The molecule has 1 heterocycles. The molecule has 0 radical (unpaired) electrons. The highest BCUT2D eigenvalue weighted by Crippen LogP contribution is 2.24. The summed E-state index contributed by atoms with van der Waals surface area (Å²) in [5, 5.41) is 1.86. The highest BCUT2D eigenvalue weighted by molar-refractivity contribution is 5.95. The van der Waals surface area contributed by atoms with Crippen molar-refractivity contribution in [1.82, 2.24) is 10.2 Å². The lowest BCUT2D eigenvalue weighted by atomic mass is 10.3. The number of amides is 1. The van der Waals surface area contributed by atoms with Crippen molar-refractivity contribution in [2.75, 3.05) is 13.1 Å². The molecule has 1 rings (SSSR count). The third-order valence-electron chi connectivity index (χ3n) is 2.20. The van der Waals surface area contributed by atoms with Crippen LogP contribution in [0.4, 0.5) is 26.3 Å². The van der Waals surface area contributed by atoms with Gasteiger partial charge in [0, 0.05) is 5.57 Å². The Morgan fingerprint density at radius 2 is 1.78 bits per heavy atom. The zero-order chi connectivity index (χ0) is 14.1. The van der Waals surface area contributed by atoms with Crippen LogP contribution in [0.5, 0.6) is 0 Å². The van der Waals surface area contributed by atoms with Gasteiger partial charge in [0.05, 0.1) is 6.54 Å². The fraction of sp³-hybridized carbons (Fsp3) is 0.667. The zero-order valence-electron chi connectivity index (χ0n) is 9.19. The summed E-state index contributed by atoms with van der Waals surface area (Å²) in [6.07, 6.45) is -9.57. The average Bonchev–Trinajstić information content (AvgIpc) is 2.39. The second-order valence-corrected chi connectivity index (χ2v) is 3.84. The molecule has 18 heavy (non-hydrogen) atoms. The van der Waals surface area contributed by atoms with Crippen molar-refractivity contribution < 1.29 is 31.1 Å². The molecule has 1 aliphatic heterocycles. The highest BCUT2D eigenvalue weighted by atomic mass is 19.4. The summed E-state index contributed by atoms with van der Waals surface area (Å²) >= 11 is 0. The van der Waals surface area contributed by atoms with Gasteiger partial charge in [0.15, 0.2) is 0 Å². The SMILES string of the molecule is CC1=CC(NCC(F)(F)F)N(CC(F)(F)F)C1=O. The van der Waals surface area contributed by atoms with E-state index in [4.69, 9.17) is 0 Å². The number of nitrogens with one attached hydrogen (secondary N) is 1. The maximum atomic E-state index is 12.2. The lowest BCUT2D eigenvalue weighted by Crippen LogP contribution is -2.50. The highest BCUT2D eigenvalue weighted by Gasteiger charge is 2.40. The number of nitrogens with zero attached hydrogens (tertiary/aromatic N) is 1. The van der Waals surface area contributed by atoms with Crippen LogP contribution < -0.4 is 5.32 Å². The first kappa shape index (κ1) is 14.8. The van der Waals surface area contributed by atoms with Crippen LogP contribution in [0.3, 0.4) is 0 Å². The molecule has 9 heteroatoms. The number of carbonyl (C=O) groups excluding carboxylic acids is 1. The van der Waals surface area contributed by atoms with Crippen molar-refractivity contribution in [1.29, 1.82) is 0 Å². The monoisotopic (exact) mass is 276 g/mol. The van der Waals surface area contributed by atoms with Gasteiger partial charge in [0.1, 0.15) is 12.7 Å². The van der Waals surface area contributed by atoms with Crippen LogP contribution in [-0.4, -0.2) is 42.4 Å². The third-order valence-corrected chi connectivity index (χ3v) is 2.20. The second-order valence-electron chi connectivity index (χ2n) is 3.84. The summed E-state index contributed by atoms with van der Waals surface area (Å²) in [6.45, 7) is -1.81. The number of alkyl halides is 6. The Kier molecular flexibility index (Phi) is 3.94. The minimum Gasteiger partial charge on any atom is -0.311 e. The average molecular weight is 276 g/mol. The Hall–Kier alpha value is -1.25. The van der Waals surface area contributed by atoms with E-state index in [1.165, 1.54) is 6.92 Å². The molecular formula is C9H10F6N2O. The molecule has 1 N–H and O–H groups in total. The van der Waals surface area contributed by atoms with Crippen LogP contribution in [0.25, 0.3) is 0 Å². The van der Waals surface area contributed by atoms with E-state index >= 15 is 0 Å². The minimum absolute atomic E-state index is 0.0149. The van der Waals surface area contributed by atoms with E-state index in [0.717, 1.165) is 6.08 Å². The Morgan fingerprint density at radius 3 is 2.22 bits per heavy atom. The first-order valence-corrected chi connectivity index (χ1v) is 4.86. The molecule has 0 bridgehead atoms. The normalized spacial score (nSPS) is 21.5. The topological polar surface area (TPSA) is 32.3 Å². The van der Waals surface area contributed by atoms with Crippen LogP contribution in [0.2, 0.25) is 0 Å². The third kappa shape index (κ3) is 4.21. The molecule has 1 aliphatic rings. The van der Waals surface area contributed by atoms with E-state index in [0.29, 0.717) is 4.90 Å². The molecular weight excluding hydrogens is 266 g/mol. The van der Waals surface area contributed by atoms with E-state index in [1.807, 2.05) is 5.32 Å². The van der Waals surface area contributed by atoms with Gasteiger partial charge in [-0.2, -0.15) is 26.3 Å². The van der Waals surface area contributed by atoms with Gasteiger partial charge in [-0.15, -0.1) is 0 Å². The summed E-state index contributed by atoms with van der Waals surface area (Å²) in [5.74, 6) is -0.924. The van der Waals surface area contributed by atoms with Crippen LogP contribution in [0, 0.1) is 0 Å². The second kappa shape index (κ2) is 4.79. The van der Waals surface area contributed by atoms with Crippen LogP contribution >= 0.6 is 0 Å². The van der Waals surface area contributed by atoms with Crippen molar-refractivity contribution >= 4 is 5.91 Å². The molecule has 0 saturated heterocycles. The Bertz CT molecular complexity index is 359. The first-order valence-electron chi connectivity index (χ1n) is 4.86. The fourth-order valence-electron chi connectivity index (χ4n) is 1.50. The van der Waals surface area contributed by atoms with E-state index in [2.05, 4.69) is 0 Å². The number of hydrogen-bond donors (Lipinski definition) is 1. The Labute approximate surface area is 98.4 Å². The molecule has 1 amide bonds. The first-order chi connectivity index (χ1) is 7.99. The van der Waals surface area contributed by atoms with E-state index in [1.54, 1.807) is 0 Å². The van der Waals surface area contributed by atoms with Gasteiger partial charge in [-0.1, -0.05) is 0 Å². The standard InChI is InChI=1S/C9H10F6N2O/c1-5-2-6(16-3-8(10,11)12)17(7(5)18)4-9(13,14)15/h2,6,16H,3-4H2,1H3. The van der Waals surface area contributed by atoms with E-state index in [-0.39, 0.29) is 5.57 Å². The largest absolute Gasteiger partial charge is 0.406 e.